The molecule has 0 spiro atoms. The summed E-state index contributed by atoms with van der Waals surface area (Å²) in [5, 5.41) is 1.84. The molecule has 1 aromatic heterocycles. The molecule has 0 aliphatic rings. The van der Waals surface area contributed by atoms with E-state index in [9.17, 15) is 13.2 Å². The van der Waals surface area contributed by atoms with Gasteiger partial charge in [0.15, 0.2) is 0 Å². The number of quaternary nitrogens is 1. The van der Waals surface area contributed by atoms with Crippen LogP contribution in [0.15, 0.2) is 88.8 Å². The molecule has 6 nitrogen and oxygen atoms in total. The van der Waals surface area contributed by atoms with Crippen LogP contribution < -0.4 is 15.8 Å². The quantitative estimate of drug-likeness (QED) is 0.396. The van der Waals surface area contributed by atoms with Crippen molar-refractivity contribution >= 4 is 33.0 Å². The average molecular weight is 471 g/mol. The van der Waals surface area contributed by atoms with Crippen molar-refractivity contribution in [3.8, 4) is 0 Å². The molecule has 2 aromatic carbocycles. The van der Waals surface area contributed by atoms with Gasteiger partial charge in [-0.2, -0.15) is 0 Å². The van der Waals surface area contributed by atoms with Gasteiger partial charge in [-0.05, 0) is 55.7 Å². The second-order valence-corrected chi connectivity index (χ2v) is 10.6. The van der Waals surface area contributed by atoms with Crippen LogP contribution in [0.5, 0.6) is 0 Å². The number of carbonyl (C=O) groups is 1. The Bertz CT molecular complexity index is 1160. The summed E-state index contributed by atoms with van der Waals surface area (Å²) < 4.78 is 27.8. The lowest BCUT2D eigenvalue weighted by Gasteiger charge is -2.08. The second-order valence-electron chi connectivity index (χ2n) is 7.57. The van der Waals surface area contributed by atoms with Crippen LogP contribution in [0.2, 0.25) is 0 Å². The topological polar surface area (TPSA) is 106 Å². The fourth-order valence-electron chi connectivity index (χ4n) is 3.23. The molecule has 0 saturated heterocycles. The number of benzene rings is 2. The summed E-state index contributed by atoms with van der Waals surface area (Å²) in [6.07, 6.45) is 3.24. The van der Waals surface area contributed by atoms with Gasteiger partial charge in [0.25, 0.3) is 10.0 Å². The smallest absolute Gasteiger partial charge is 0.273 e. The Hall–Kier alpha value is -2.78. The second kappa shape index (κ2) is 11.2. The zero-order valence-electron chi connectivity index (χ0n) is 17.9. The highest BCUT2D eigenvalue weighted by molar-refractivity contribution is 7.92. The highest BCUT2D eigenvalue weighted by atomic mass is 32.2. The Labute approximate surface area is 193 Å². The van der Waals surface area contributed by atoms with Crippen LogP contribution in [0.4, 0.5) is 5.69 Å². The van der Waals surface area contributed by atoms with Gasteiger partial charge in [-0.25, -0.2) is 13.1 Å². The zero-order chi connectivity index (χ0) is 23.0. The third-order valence-corrected chi connectivity index (χ3v) is 7.66. The van der Waals surface area contributed by atoms with Crippen molar-refractivity contribution in [3.63, 3.8) is 0 Å². The number of amides is 1. The first-order valence-electron chi connectivity index (χ1n) is 10.4. The van der Waals surface area contributed by atoms with Gasteiger partial charge in [0.1, 0.15) is 22.0 Å². The van der Waals surface area contributed by atoms with E-state index in [-0.39, 0.29) is 16.7 Å². The molecule has 1 unspecified atom stereocenters. The molecule has 0 fully saturated rings. The van der Waals surface area contributed by atoms with Crippen molar-refractivity contribution < 1.29 is 18.5 Å². The van der Waals surface area contributed by atoms with E-state index in [1.165, 1.54) is 16.9 Å². The largest absolute Gasteiger partial charge is 0.324 e. The zero-order valence-corrected chi connectivity index (χ0v) is 19.5. The minimum Gasteiger partial charge on any atom is -0.324 e. The summed E-state index contributed by atoms with van der Waals surface area (Å²) in [6.45, 7) is 1.80. The Morgan fingerprint density at radius 3 is 2.34 bits per heavy atom. The summed E-state index contributed by atoms with van der Waals surface area (Å²) in [4.78, 5) is 13.5. The van der Waals surface area contributed by atoms with E-state index in [0.29, 0.717) is 5.70 Å². The maximum Gasteiger partial charge on any atom is 0.273 e. The average Bonchev–Trinajstić information content (AvgIpc) is 3.23. The van der Waals surface area contributed by atoms with Crippen LogP contribution in [0.1, 0.15) is 23.8 Å². The van der Waals surface area contributed by atoms with Gasteiger partial charge < -0.3 is 5.73 Å². The molecule has 0 radical (unpaired) electrons. The van der Waals surface area contributed by atoms with Gasteiger partial charge in [-0.3, -0.25) is 10.1 Å². The Morgan fingerprint density at radius 1 is 1.03 bits per heavy atom. The van der Waals surface area contributed by atoms with Crippen LogP contribution in [0, 0.1) is 0 Å². The van der Waals surface area contributed by atoms with E-state index in [0.717, 1.165) is 23.4 Å². The van der Waals surface area contributed by atoms with Gasteiger partial charge in [0.2, 0.25) is 5.91 Å². The molecule has 5 N–H and O–H groups in total. The molecule has 0 aliphatic heterocycles. The van der Waals surface area contributed by atoms with E-state index < -0.39 is 15.9 Å². The van der Waals surface area contributed by atoms with Gasteiger partial charge in [-0.15, -0.1) is 11.3 Å². The molecule has 1 atom stereocenters. The standard InChI is InChI=1S/C24H27N3O3S2/c1-18(25)16-21(26-20-10-6-3-7-11-20)17-23(28)27-32(29,30)24-15-14-22(31-24)13-12-19-8-4-2-5-9-19/h2-11,14-16,18,26H,12-13,17,25H2,1H3,(H,27,28)/p+1/b21-16-. The van der Waals surface area contributed by atoms with Crippen LogP contribution >= 0.6 is 11.3 Å². The molecule has 8 heteroatoms. The fraction of sp³-hybridized carbons (Fsp3) is 0.208. The van der Waals surface area contributed by atoms with Crippen LogP contribution in [-0.4, -0.2) is 20.4 Å². The number of thiophene rings is 1. The lowest BCUT2D eigenvalue weighted by atomic mass is 10.1. The van der Waals surface area contributed by atoms with Crippen molar-refractivity contribution in [2.75, 3.05) is 0 Å². The number of aryl methyl sites for hydroxylation is 2. The van der Waals surface area contributed by atoms with E-state index in [4.69, 9.17) is 5.73 Å². The predicted octanol–water partition coefficient (Wildman–Crippen LogP) is 2.85. The van der Waals surface area contributed by atoms with Gasteiger partial charge >= 0.3 is 0 Å². The third kappa shape index (κ3) is 7.42. The van der Waals surface area contributed by atoms with E-state index in [2.05, 4.69) is 4.72 Å². The summed E-state index contributed by atoms with van der Waals surface area (Å²) in [7, 11) is -3.92. The molecule has 168 valence electrons. The number of sulfonamides is 1. The minimum absolute atomic E-state index is 0.0814. The van der Waals surface area contributed by atoms with Gasteiger partial charge in [-0.1, -0.05) is 48.5 Å². The molecule has 0 saturated carbocycles. The normalized spacial score (nSPS) is 13.0. The number of nitrogens with one attached hydrogen (secondary N) is 1. The summed E-state index contributed by atoms with van der Waals surface area (Å²) in [5.41, 5.74) is 8.64. The Kier molecular flexibility index (Phi) is 8.35. The van der Waals surface area contributed by atoms with Crippen LogP contribution in [0.25, 0.3) is 0 Å². The molecule has 0 aliphatic carbocycles. The van der Waals surface area contributed by atoms with Crippen molar-refractivity contribution in [2.45, 2.75) is 36.4 Å². The van der Waals surface area contributed by atoms with Crippen molar-refractivity contribution in [2.24, 2.45) is 5.73 Å². The first kappa shape index (κ1) is 23.9. The summed E-state index contributed by atoms with van der Waals surface area (Å²) >= 11 is 1.19. The molecular formula is C24H28N3O3S2+. The number of para-hydroxylation sites is 1. The van der Waals surface area contributed by atoms with Crippen molar-refractivity contribution in [3.05, 3.63) is 95.0 Å². The van der Waals surface area contributed by atoms with Crippen LogP contribution in [-0.2, 0) is 27.7 Å². The Balaban J connectivity index is 1.62. The Morgan fingerprint density at radius 2 is 1.69 bits per heavy atom. The number of hydrogen-bond acceptors (Lipinski definition) is 5. The molecule has 1 heterocycles. The lowest BCUT2D eigenvalue weighted by Crippen LogP contribution is -2.76. The lowest BCUT2D eigenvalue weighted by molar-refractivity contribution is -0.519. The molecule has 3 aromatic rings. The van der Waals surface area contributed by atoms with E-state index >= 15 is 0 Å². The van der Waals surface area contributed by atoms with Gasteiger partial charge in [0, 0.05) is 10.9 Å². The molecule has 32 heavy (non-hydrogen) atoms. The highest BCUT2D eigenvalue weighted by Gasteiger charge is 2.22. The van der Waals surface area contributed by atoms with Gasteiger partial charge in [0.05, 0.1) is 0 Å². The monoisotopic (exact) mass is 470 g/mol. The summed E-state index contributed by atoms with van der Waals surface area (Å²) in [5.74, 6) is -0.594. The van der Waals surface area contributed by atoms with Crippen molar-refractivity contribution in [1.82, 2.24) is 4.72 Å². The number of rotatable bonds is 10. The van der Waals surface area contributed by atoms with Crippen LogP contribution in [0.3, 0.4) is 0 Å². The van der Waals surface area contributed by atoms with Crippen molar-refractivity contribution in [1.29, 1.82) is 0 Å². The SMILES string of the molecule is CC(N)/C=C(/CC(=O)NS(=O)(=O)c1ccc(CCc2ccccc2)s1)[NH2+]c1ccccc1. The van der Waals surface area contributed by atoms with E-state index in [1.807, 2.05) is 66.0 Å². The molecular weight excluding hydrogens is 442 g/mol. The predicted molar refractivity (Wildman–Crippen MR) is 128 cm³/mol. The first-order chi connectivity index (χ1) is 15.3. The first-order valence-corrected chi connectivity index (χ1v) is 12.7. The fourth-order valence-corrected chi connectivity index (χ4v) is 5.57. The van der Waals surface area contributed by atoms with E-state index in [1.54, 1.807) is 25.1 Å². The molecule has 1 amide bonds. The number of nitrogens with two attached hydrogens (primary N) is 2. The summed E-state index contributed by atoms with van der Waals surface area (Å²) in [6, 6.07) is 22.6. The highest BCUT2D eigenvalue weighted by Crippen LogP contribution is 2.23. The minimum atomic E-state index is -3.92. The number of carbonyl (C=O) groups excluding carboxylic acids is 1. The maximum absolute atomic E-state index is 12.7. The third-order valence-electron chi connectivity index (χ3n) is 4.65. The maximum atomic E-state index is 12.7. The molecule has 3 rings (SSSR count). The molecule has 0 bridgehead atoms. The number of hydrogen-bond donors (Lipinski definition) is 3.